The molecule has 1 aromatic heterocycles. The van der Waals surface area contributed by atoms with E-state index in [1.807, 2.05) is 6.92 Å². The molecule has 0 bridgehead atoms. The molecule has 1 unspecified atom stereocenters. The maximum atomic E-state index is 12.4. The second-order valence-corrected chi connectivity index (χ2v) is 5.65. The number of aromatic nitrogens is 2. The van der Waals surface area contributed by atoms with Crippen molar-refractivity contribution in [1.82, 2.24) is 19.8 Å². The lowest BCUT2D eigenvalue weighted by molar-refractivity contribution is -0.00559. The fourth-order valence-corrected chi connectivity index (χ4v) is 2.95. The number of H-pyrrole nitrogens is 1. The minimum atomic E-state index is -0.554. The Bertz CT molecular complexity index is 556. The summed E-state index contributed by atoms with van der Waals surface area (Å²) in [6.07, 6.45) is 2.94. The second kappa shape index (κ2) is 4.50. The molecule has 1 spiro atoms. The number of likely N-dealkylation sites (tertiary alicyclic amines) is 1. The summed E-state index contributed by atoms with van der Waals surface area (Å²) in [7, 11) is 1.72. The van der Waals surface area contributed by atoms with E-state index in [-0.39, 0.29) is 12.0 Å². The Morgan fingerprint density at radius 1 is 1.50 bits per heavy atom. The average Bonchev–Trinajstić information content (AvgIpc) is 2.94. The number of rotatable bonds is 1. The number of hydrogen-bond donors (Lipinski definition) is 1. The van der Waals surface area contributed by atoms with Crippen molar-refractivity contribution in [3.63, 3.8) is 0 Å². The fourth-order valence-electron chi connectivity index (χ4n) is 2.95. The summed E-state index contributed by atoms with van der Waals surface area (Å²) in [5, 5.41) is 0. The molecule has 0 saturated carbocycles. The van der Waals surface area contributed by atoms with Gasteiger partial charge in [-0.15, -0.1) is 0 Å². The van der Waals surface area contributed by atoms with Crippen LogP contribution in [-0.2, 0) is 4.74 Å². The van der Waals surface area contributed by atoms with Crippen LogP contribution < -0.4 is 0 Å². The molecule has 2 aliphatic heterocycles. The van der Waals surface area contributed by atoms with Crippen molar-refractivity contribution in [2.24, 2.45) is 0 Å². The Kier molecular flexibility index (Phi) is 2.92. The van der Waals surface area contributed by atoms with E-state index in [1.54, 1.807) is 23.0 Å². The van der Waals surface area contributed by atoms with Crippen LogP contribution in [0.3, 0.4) is 0 Å². The molecule has 2 saturated heterocycles. The first-order chi connectivity index (χ1) is 9.49. The highest BCUT2D eigenvalue weighted by atomic mass is 16.6. The van der Waals surface area contributed by atoms with Crippen molar-refractivity contribution in [3.05, 3.63) is 17.7 Å². The van der Waals surface area contributed by atoms with Gasteiger partial charge in [0.15, 0.2) is 5.82 Å². The molecule has 3 heterocycles. The first-order valence-electron chi connectivity index (χ1n) is 6.74. The summed E-state index contributed by atoms with van der Waals surface area (Å²) in [5.41, 5.74) is 0.300. The number of aromatic amines is 1. The van der Waals surface area contributed by atoms with E-state index < -0.39 is 5.60 Å². The van der Waals surface area contributed by atoms with Gasteiger partial charge in [-0.2, -0.15) is 0 Å². The van der Waals surface area contributed by atoms with Crippen LogP contribution in [0, 0.1) is 6.92 Å². The molecule has 3 rings (SSSR count). The number of amides is 2. The molecule has 1 N–H and O–H groups in total. The van der Waals surface area contributed by atoms with Crippen LogP contribution in [-0.4, -0.2) is 64.1 Å². The van der Waals surface area contributed by atoms with E-state index in [9.17, 15) is 9.59 Å². The first kappa shape index (κ1) is 13.0. The van der Waals surface area contributed by atoms with Crippen LogP contribution in [0.25, 0.3) is 0 Å². The highest BCUT2D eigenvalue weighted by molar-refractivity contribution is 5.90. The minimum Gasteiger partial charge on any atom is -0.439 e. The van der Waals surface area contributed by atoms with Crippen molar-refractivity contribution in [1.29, 1.82) is 0 Å². The Labute approximate surface area is 116 Å². The summed E-state index contributed by atoms with van der Waals surface area (Å²) in [6.45, 7) is 3.49. The van der Waals surface area contributed by atoms with E-state index in [2.05, 4.69) is 9.97 Å². The molecule has 0 aromatic carbocycles. The molecular formula is C13H18N4O3. The van der Waals surface area contributed by atoms with E-state index in [1.165, 1.54) is 0 Å². The zero-order chi connectivity index (χ0) is 14.3. The van der Waals surface area contributed by atoms with Gasteiger partial charge in [0.2, 0.25) is 0 Å². The highest BCUT2D eigenvalue weighted by Gasteiger charge is 2.47. The predicted octanol–water partition coefficient (Wildman–Crippen LogP) is 0.775. The Balaban J connectivity index is 1.76. The van der Waals surface area contributed by atoms with Gasteiger partial charge < -0.3 is 19.5 Å². The summed E-state index contributed by atoms with van der Waals surface area (Å²) in [4.78, 5) is 34.3. The zero-order valence-corrected chi connectivity index (χ0v) is 11.7. The molecule has 1 aromatic rings. The Morgan fingerprint density at radius 3 is 2.90 bits per heavy atom. The molecule has 0 radical (unpaired) electrons. The number of piperidine rings is 1. The van der Waals surface area contributed by atoms with Gasteiger partial charge in [0.1, 0.15) is 5.60 Å². The number of aryl methyl sites for hydroxylation is 1. The zero-order valence-electron chi connectivity index (χ0n) is 11.7. The molecule has 7 nitrogen and oxygen atoms in total. The van der Waals surface area contributed by atoms with Gasteiger partial charge in [-0.05, 0) is 19.8 Å². The quantitative estimate of drug-likeness (QED) is 0.823. The van der Waals surface area contributed by atoms with Crippen molar-refractivity contribution in [2.75, 3.05) is 26.7 Å². The molecule has 2 amide bonds. The van der Waals surface area contributed by atoms with Crippen molar-refractivity contribution < 1.29 is 14.3 Å². The summed E-state index contributed by atoms with van der Waals surface area (Å²) in [5.74, 6) is 0.208. The summed E-state index contributed by atoms with van der Waals surface area (Å²) < 4.78 is 5.49. The molecule has 2 aliphatic rings. The van der Waals surface area contributed by atoms with Crippen LogP contribution in [0.4, 0.5) is 4.79 Å². The smallest absolute Gasteiger partial charge is 0.410 e. The third-order valence-corrected chi connectivity index (χ3v) is 3.87. The first-order valence-corrected chi connectivity index (χ1v) is 6.74. The molecule has 108 valence electrons. The van der Waals surface area contributed by atoms with Gasteiger partial charge in [0.25, 0.3) is 5.91 Å². The molecular weight excluding hydrogens is 260 g/mol. The van der Waals surface area contributed by atoms with Crippen molar-refractivity contribution in [2.45, 2.75) is 25.4 Å². The molecule has 2 fully saturated rings. The number of hydrogen-bond acceptors (Lipinski definition) is 4. The fraction of sp³-hybridized carbons (Fsp3) is 0.615. The predicted molar refractivity (Wildman–Crippen MR) is 70.3 cm³/mol. The lowest BCUT2D eigenvalue weighted by Crippen LogP contribution is -2.52. The van der Waals surface area contributed by atoms with E-state index in [0.29, 0.717) is 25.5 Å². The van der Waals surface area contributed by atoms with Gasteiger partial charge in [-0.3, -0.25) is 4.79 Å². The summed E-state index contributed by atoms with van der Waals surface area (Å²) >= 11 is 0. The number of likely N-dealkylation sites (N-methyl/N-ethyl adjacent to an activating group) is 1. The topological polar surface area (TPSA) is 78.5 Å². The van der Waals surface area contributed by atoms with Crippen LogP contribution >= 0.6 is 0 Å². The molecule has 7 heteroatoms. The number of carbonyl (C=O) groups excluding carboxylic acids is 2. The van der Waals surface area contributed by atoms with Crippen LogP contribution in [0.2, 0.25) is 0 Å². The third kappa shape index (κ3) is 2.13. The SMILES string of the molecule is Cc1cnc(C(=O)N2CCCC3(CN(C)C(=O)O3)C2)[nH]1. The van der Waals surface area contributed by atoms with Gasteiger partial charge in [-0.25, -0.2) is 9.78 Å². The second-order valence-electron chi connectivity index (χ2n) is 5.65. The van der Waals surface area contributed by atoms with E-state index in [0.717, 1.165) is 18.5 Å². The maximum absolute atomic E-state index is 12.4. The summed E-state index contributed by atoms with van der Waals surface area (Å²) in [6, 6.07) is 0. The van der Waals surface area contributed by atoms with Crippen molar-refractivity contribution >= 4 is 12.0 Å². The van der Waals surface area contributed by atoms with Gasteiger partial charge >= 0.3 is 6.09 Å². The number of nitrogens with one attached hydrogen (secondary N) is 1. The van der Waals surface area contributed by atoms with Gasteiger partial charge in [-0.1, -0.05) is 0 Å². The Morgan fingerprint density at radius 2 is 2.30 bits per heavy atom. The number of nitrogens with zero attached hydrogens (tertiary/aromatic N) is 3. The standard InChI is InChI=1S/C13H18N4O3/c1-9-6-14-10(15-9)11(18)17-5-3-4-13(8-17)7-16(2)12(19)20-13/h6H,3-5,7-8H2,1-2H3,(H,14,15). The van der Waals surface area contributed by atoms with Crippen LogP contribution in [0.1, 0.15) is 29.2 Å². The normalized spacial score (nSPS) is 26.2. The lowest BCUT2D eigenvalue weighted by Gasteiger charge is -2.37. The minimum absolute atomic E-state index is 0.136. The van der Waals surface area contributed by atoms with Crippen LogP contribution in [0.5, 0.6) is 0 Å². The third-order valence-electron chi connectivity index (χ3n) is 3.87. The molecule has 20 heavy (non-hydrogen) atoms. The number of ether oxygens (including phenoxy) is 1. The lowest BCUT2D eigenvalue weighted by atomic mass is 9.92. The number of imidazole rings is 1. The average molecular weight is 278 g/mol. The molecule has 1 atom stereocenters. The van der Waals surface area contributed by atoms with Crippen LogP contribution in [0.15, 0.2) is 6.20 Å². The van der Waals surface area contributed by atoms with Gasteiger partial charge in [0, 0.05) is 25.5 Å². The van der Waals surface area contributed by atoms with Crippen molar-refractivity contribution in [3.8, 4) is 0 Å². The molecule has 0 aliphatic carbocycles. The van der Waals surface area contributed by atoms with E-state index >= 15 is 0 Å². The van der Waals surface area contributed by atoms with E-state index in [4.69, 9.17) is 4.74 Å². The number of carbonyl (C=O) groups is 2. The highest BCUT2D eigenvalue weighted by Crippen LogP contribution is 2.31. The Hall–Kier alpha value is -2.05. The monoisotopic (exact) mass is 278 g/mol. The van der Waals surface area contributed by atoms with Gasteiger partial charge in [0.05, 0.1) is 13.1 Å². The maximum Gasteiger partial charge on any atom is 0.410 e. The largest absolute Gasteiger partial charge is 0.439 e.